The lowest BCUT2D eigenvalue weighted by atomic mass is 9.70. The molecule has 0 aromatic heterocycles. The van der Waals surface area contributed by atoms with E-state index < -0.39 is 22.6 Å². The largest absolute Gasteiger partial charge is 0.396 e. The van der Waals surface area contributed by atoms with Crippen LogP contribution in [0.2, 0.25) is 0 Å². The van der Waals surface area contributed by atoms with Gasteiger partial charge < -0.3 is 19.8 Å². The summed E-state index contributed by atoms with van der Waals surface area (Å²) in [5, 5.41) is 9.13. The molecule has 7 nitrogen and oxygen atoms in total. The Morgan fingerprint density at radius 2 is 1.79 bits per heavy atom. The van der Waals surface area contributed by atoms with Crippen molar-refractivity contribution in [2.24, 2.45) is 11.8 Å². The molecule has 0 aromatic rings. The maximum atomic E-state index is 14.6. The zero-order valence-corrected chi connectivity index (χ0v) is 25.1. The summed E-state index contributed by atoms with van der Waals surface area (Å²) in [7, 11) is 1.77. The topological polar surface area (TPSA) is 81.2 Å². The molecule has 0 radical (unpaired) electrons. The van der Waals surface area contributed by atoms with Gasteiger partial charge in [-0.2, -0.15) is 0 Å². The molecule has 1 aliphatic carbocycles. The van der Waals surface area contributed by atoms with E-state index in [-0.39, 0.29) is 40.4 Å². The van der Waals surface area contributed by atoms with Gasteiger partial charge in [0.2, 0.25) is 17.7 Å². The minimum Gasteiger partial charge on any atom is -0.396 e. The van der Waals surface area contributed by atoms with Gasteiger partial charge in [0.15, 0.2) is 0 Å². The van der Waals surface area contributed by atoms with Crippen LogP contribution in [0.5, 0.6) is 0 Å². The van der Waals surface area contributed by atoms with Crippen molar-refractivity contribution in [2.75, 3.05) is 33.3 Å². The average Bonchev–Trinajstić information content (AvgIpc) is 3.50. The average molecular weight is 611 g/mol. The molecule has 3 heterocycles. The number of carbonyl (C=O) groups is 3. The summed E-state index contributed by atoms with van der Waals surface area (Å²) in [5.41, 5.74) is 0. The van der Waals surface area contributed by atoms with Gasteiger partial charge in [0, 0.05) is 49.4 Å². The summed E-state index contributed by atoms with van der Waals surface area (Å²) < 4.78 is -0.610. The number of hydrogen-bond acceptors (Lipinski definition) is 5. The van der Waals surface area contributed by atoms with Crippen molar-refractivity contribution in [3.05, 3.63) is 25.3 Å². The first-order chi connectivity index (χ1) is 18.3. The number of likely N-dealkylation sites (N-methyl/N-ethyl adjacent to an activating group) is 1. The molecular weight excluding hydrogens is 566 g/mol. The molecule has 1 spiro atoms. The third kappa shape index (κ3) is 5.36. The normalized spacial score (nSPS) is 32.3. The molecule has 6 atom stereocenters. The number of rotatable bonds is 13. The Morgan fingerprint density at radius 1 is 1.11 bits per heavy atom. The number of halogens is 1. The van der Waals surface area contributed by atoms with Gasteiger partial charge in [-0.1, -0.05) is 60.2 Å². The fourth-order valence-electron chi connectivity index (χ4n) is 7.33. The summed E-state index contributed by atoms with van der Waals surface area (Å²) in [4.78, 5) is 48.1. The predicted molar refractivity (Wildman–Crippen MR) is 156 cm³/mol. The zero-order valence-electron chi connectivity index (χ0n) is 22.7. The van der Waals surface area contributed by atoms with E-state index in [1.807, 2.05) is 9.80 Å². The van der Waals surface area contributed by atoms with Gasteiger partial charge in [-0.15, -0.1) is 24.9 Å². The Labute approximate surface area is 240 Å². The molecule has 38 heavy (non-hydrogen) atoms. The fraction of sp³-hybridized carbons (Fsp3) is 0.759. The molecule has 4 fully saturated rings. The standard InChI is InChI=1S/C29H44BrN3O4S/c1-4-15-31(3)26(35)22-23-27(36)33(17-11-6-7-12-18-34)25(29(23)19-21(30)24(22)38-29)28(37)32(16-5-2)20-13-9-8-10-14-20/h4-5,20-25,34H,1-2,6-19H2,3H3/t21?,22-,23-,24-,25?,29?/m0/s1. The first-order valence-electron chi connectivity index (χ1n) is 14.3. The molecule has 2 bridgehead atoms. The van der Waals surface area contributed by atoms with Crippen molar-refractivity contribution in [1.29, 1.82) is 0 Å². The van der Waals surface area contributed by atoms with Crippen LogP contribution in [0.1, 0.15) is 64.2 Å². The Bertz CT molecular complexity index is 912. The smallest absolute Gasteiger partial charge is 0.247 e. The van der Waals surface area contributed by atoms with Gasteiger partial charge in [0.25, 0.3) is 0 Å². The number of nitrogens with zero attached hydrogens (tertiary/aromatic N) is 3. The van der Waals surface area contributed by atoms with Gasteiger partial charge in [-0.25, -0.2) is 0 Å². The van der Waals surface area contributed by atoms with E-state index in [1.165, 1.54) is 6.42 Å². The molecule has 1 saturated carbocycles. The van der Waals surface area contributed by atoms with E-state index in [2.05, 4.69) is 29.1 Å². The van der Waals surface area contributed by atoms with E-state index in [4.69, 9.17) is 5.11 Å². The van der Waals surface area contributed by atoms with E-state index in [9.17, 15) is 14.4 Å². The van der Waals surface area contributed by atoms with Gasteiger partial charge in [-0.3, -0.25) is 14.4 Å². The van der Waals surface area contributed by atoms with Crippen molar-refractivity contribution in [3.8, 4) is 0 Å². The number of fused-ring (bicyclic) bond motifs is 1. The van der Waals surface area contributed by atoms with Crippen molar-refractivity contribution in [3.63, 3.8) is 0 Å². The van der Waals surface area contributed by atoms with Gasteiger partial charge in [-0.05, 0) is 32.1 Å². The molecule has 9 heteroatoms. The highest BCUT2D eigenvalue weighted by Gasteiger charge is 2.76. The molecule has 3 unspecified atom stereocenters. The summed E-state index contributed by atoms with van der Waals surface area (Å²) >= 11 is 5.57. The third-order valence-electron chi connectivity index (χ3n) is 9.02. The molecule has 4 rings (SSSR count). The van der Waals surface area contributed by atoms with E-state index in [0.29, 0.717) is 26.1 Å². The van der Waals surface area contributed by atoms with Gasteiger partial charge >= 0.3 is 0 Å². The van der Waals surface area contributed by atoms with Crippen LogP contribution < -0.4 is 0 Å². The van der Waals surface area contributed by atoms with Crippen molar-refractivity contribution < 1.29 is 19.5 Å². The van der Waals surface area contributed by atoms with E-state index >= 15 is 0 Å². The summed E-state index contributed by atoms with van der Waals surface area (Å²) in [6.07, 6.45) is 12.9. The molecule has 0 aromatic carbocycles. The molecule has 3 saturated heterocycles. The number of amides is 3. The Morgan fingerprint density at radius 3 is 2.45 bits per heavy atom. The molecule has 212 valence electrons. The number of aliphatic hydroxyl groups excluding tert-OH is 1. The zero-order chi connectivity index (χ0) is 27.4. The highest BCUT2D eigenvalue weighted by Crippen LogP contribution is 2.68. The first kappa shape index (κ1) is 29.7. The lowest BCUT2D eigenvalue weighted by molar-refractivity contribution is -0.145. The molecular formula is C29H44BrN3O4S. The second-order valence-corrected chi connectivity index (χ2v) is 14.1. The van der Waals surface area contributed by atoms with Gasteiger partial charge in [0.05, 0.1) is 16.6 Å². The van der Waals surface area contributed by atoms with Gasteiger partial charge in [0.1, 0.15) is 6.04 Å². The fourth-order valence-corrected chi connectivity index (χ4v) is 10.9. The van der Waals surface area contributed by atoms with Crippen LogP contribution in [-0.2, 0) is 14.4 Å². The number of hydrogen-bond donors (Lipinski definition) is 1. The van der Waals surface area contributed by atoms with Crippen LogP contribution in [-0.4, -0.2) is 97.7 Å². The highest BCUT2D eigenvalue weighted by atomic mass is 79.9. The van der Waals surface area contributed by atoms with Crippen LogP contribution in [0.3, 0.4) is 0 Å². The van der Waals surface area contributed by atoms with Crippen LogP contribution >= 0.6 is 27.7 Å². The molecule has 3 amide bonds. The minimum atomic E-state index is -0.610. The SMILES string of the molecule is C=CCN(C)C(=O)[C@H]1[C@H]2C(=O)N(CCCCCCO)C(C(=O)N(CC=C)C3CCCCC3)C23CC(Br)[C@@H]1S3. The Hall–Kier alpha value is -1.32. The number of likely N-dealkylation sites (tertiary alicyclic amines) is 1. The summed E-state index contributed by atoms with van der Waals surface area (Å²) in [6.45, 7) is 9.31. The molecule has 4 aliphatic rings. The Balaban J connectivity index is 1.69. The van der Waals surface area contributed by atoms with Crippen molar-refractivity contribution in [1.82, 2.24) is 14.7 Å². The Kier molecular flexibility index (Phi) is 10.1. The molecule has 1 N–H and O–H groups in total. The molecule has 3 aliphatic heterocycles. The number of carbonyl (C=O) groups excluding carboxylic acids is 3. The lowest BCUT2D eigenvalue weighted by Gasteiger charge is -2.41. The monoisotopic (exact) mass is 609 g/mol. The van der Waals surface area contributed by atoms with Crippen molar-refractivity contribution in [2.45, 2.75) is 91.1 Å². The third-order valence-corrected chi connectivity index (χ3v) is 12.2. The number of aliphatic hydroxyl groups is 1. The second-order valence-electron chi connectivity index (χ2n) is 11.4. The van der Waals surface area contributed by atoms with Crippen LogP contribution in [0.4, 0.5) is 0 Å². The second kappa shape index (κ2) is 12.9. The quantitative estimate of drug-likeness (QED) is 0.194. The van der Waals surface area contributed by atoms with Crippen molar-refractivity contribution >= 4 is 45.4 Å². The summed E-state index contributed by atoms with van der Waals surface area (Å²) in [6, 6.07) is -0.400. The number of alkyl halides is 1. The highest BCUT2D eigenvalue weighted by molar-refractivity contribution is 9.09. The predicted octanol–water partition coefficient (Wildman–Crippen LogP) is 4.00. The van der Waals surface area contributed by atoms with E-state index in [1.54, 1.807) is 35.9 Å². The maximum Gasteiger partial charge on any atom is 0.247 e. The lowest BCUT2D eigenvalue weighted by Crippen LogP contribution is -2.57. The van der Waals surface area contributed by atoms with Crippen LogP contribution in [0, 0.1) is 11.8 Å². The van der Waals surface area contributed by atoms with Crippen LogP contribution in [0.15, 0.2) is 25.3 Å². The number of thioether (sulfide) groups is 1. The minimum absolute atomic E-state index is 0.0296. The van der Waals surface area contributed by atoms with E-state index in [0.717, 1.165) is 51.4 Å². The summed E-state index contributed by atoms with van der Waals surface area (Å²) in [5.74, 6) is -0.976. The van der Waals surface area contributed by atoms with Crippen LogP contribution in [0.25, 0.3) is 0 Å². The number of unbranched alkanes of at least 4 members (excludes halogenated alkanes) is 3. The first-order valence-corrected chi connectivity index (χ1v) is 16.1. The maximum absolute atomic E-state index is 14.6.